The lowest BCUT2D eigenvalue weighted by atomic mass is 10.0. The third-order valence-electron chi connectivity index (χ3n) is 4.73. The highest BCUT2D eigenvalue weighted by Gasteiger charge is 2.43. The van der Waals surface area contributed by atoms with Crippen molar-refractivity contribution in [3.05, 3.63) is 71.0 Å². The zero-order valence-electron chi connectivity index (χ0n) is 15.6. The number of hydrogen-bond acceptors (Lipinski definition) is 4. The lowest BCUT2D eigenvalue weighted by molar-refractivity contribution is -0.126. The first-order chi connectivity index (χ1) is 13.3. The Hall–Kier alpha value is -3.06. The van der Waals surface area contributed by atoms with E-state index in [1.807, 2.05) is 0 Å². The fourth-order valence-corrected chi connectivity index (χ4v) is 3.28. The highest BCUT2D eigenvalue weighted by Crippen LogP contribution is 2.27. The van der Waals surface area contributed by atoms with Crippen LogP contribution in [0.25, 0.3) is 0 Å². The van der Waals surface area contributed by atoms with E-state index in [0.717, 1.165) is 4.90 Å². The fourth-order valence-electron chi connectivity index (χ4n) is 3.28. The van der Waals surface area contributed by atoms with Crippen LogP contribution >= 0.6 is 0 Å². The molecule has 0 saturated carbocycles. The first-order valence-electron chi connectivity index (χ1n) is 8.99. The average Bonchev–Trinajstić information content (AvgIpc) is 2.92. The third-order valence-corrected chi connectivity index (χ3v) is 4.73. The summed E-state index contributed by atoms with van der Waals surface area (Å²) in [6.07, 6.45) is -1.04. The number of carbonyl (C=O) groups excluding carboxylic acids is 3. The zero-order valence-corrected chi connectivity index (χ0v) is 15.6. The van der Waals surface area contributed by atoms with Crippen molar-refractivity contribution >= 4 is 17.7 Å². The monoisotopic (exact) mass is 384 g/mol. The van der Waals surface area contributed by atoms with Crippen molar-refractivity contribution in [1.29, 1.82) is 0 Å². The van der Waals surface area contributed by atoms with E-state index in [-0.39, 0.29) is 23.6 Å². The molecule has 1 aliphatic heterocycles. The van der Waals surface area contributed by atoms with Crippen molar-refractivity contribution in [2.75, 3.05) is 6.54 Å². The largest absolute Gasteiger partial charge is 0.387 e. The maximum absolute atomic E-state index is 13.0. The predicted molar refractivity (Wildman–Crippen MR) is 99.9 cm³/mol. The van der Waals surface area contributed by atoms with Crippen LogP contribution in [-0.2, 0) is 4.79 Å². The van der Waals surface area contributed by atoms with Crippen molar-refractivity contribution in [3.8, 4) is 0 Å². The Morgan fingerprint density at radius 1 is 1.04 bits per heavy atom. The summed E-state index contributed by atoms with van der Waals surface area (Å²) in [5.41, 5.74) is 0.998. The Bertz CT molecular complexity index is 876. The van der Waals surface area contributed by atoms with E-state index in [1.165, 1.54) is 24.3 Å². The third kappa shape index (κ3) is 3.66. The van der Waals surface area contributed by atoms with E-state index < -0.39 is 35.7 Å². The first kappa shape index (κ1) is 19.7. The highest BCUT2D eigenvalue weighted by molar-refractivity contribution is 6.22. The van der Waals surface area contributed by atoms with Gasteiger partial charge in [0.25, 0.3) is 11.8 Å². The molecule has 3 amide bonds. The van der Waals surface area contributed by atoms with Crippen LogP contribution in [0.5, 0.6) is 0 Å². The summed E-state index contributed by atoms with van der Waals surface area (Å²) in [4.78, 5) is 39.1. The van der Waals surface area contributed by atoms with Gasteiger partial charge in [-0.05, 0) is 35.7 Å². The molecule has 0 bridgehead atoms. The molecule has 0 fully saturated rings. The van der Waals surface area contributed by atoms with Crippen molar-refractivity contribution in [1.82, 2.24) is 10.2 Å². The van der Waals surface area contributed by atoms with E-state index in [1.54, 1.807) is 38.1 Å². The molecule has 2 atom stereocenters. The number of halogens is 1. The Kier molecular flexibility index (Phi) is 5.56. The maximum Gasteiger partial charge on any atom is 0.262 e. The van der Waals surface area contributed by atoms with Gasteiger partial charge in [-0.2, -0.15) is 0 Å². The minimum atomic E-state index is -1.04. The van der Waals surface area contributed by atoms with Crippen LogP contribution in [0.15, 0.2) is 48.5 Å². The van der Waals surface area contributed by atoms with Crippen LogP contribution in [0.1, 0.15) is 46.2 Å². The number of rotatable bonds is 6. The molecule has 1 aliphatic rings. The molecule has 2 aromatic carbocycles. The molecule has 0 spiro atoms. The zero-order chi connectivity index (χ0) is 20.4. The SMILES string of the molecule is CC(C)[C@@H](C(=O)NC[C@H](O)c1ccc(F)cc1)N1C(=O)c2ccccc2C1=O. The van der Waals surface area contributed by atoms with Crippen LogP contribution in [-0.4, -0.2) is 40.3 Å². The van der Waals surface area contributed by atoms with Gasteiger partial charge in [0.15, 0.2) is 0 Å². The van der Waals surface area contributed by atoms with E-state index >= 15 is 0 Å². The first-order valence-corrected chi connectivity index (χ1v) is 8.99. The number of benzene rings is 2. The smallest absolute Gasteiger partial charge is 0.262 e. The van der Waals surface area contributed by atoms with E-state index in [9.17, 15) is 23.9 Å². The van der Waals surface area contributed by atoms with Gasteiger partial charge in [0.2, 0.25) is 5.91 Å². The van der Waals surface area contributed by atoms with Crippen molar-refractivity contribution in [2.45, 2.75) is 26.0 Å². The standard InChI is InChI=1S/C21H21FN2O4/c1-12(2)18(24-20(27)15-5-3-4-6-16(15)21(24)28)19(26)23-11-17(25)13-7-9-14(22)10-8-13/h3-10,12,17-18,25H,11H2,1-2H3,(H,23,26)/t17-,18-/m0/s1. The molecule has 7 heteroatoms. The molecule has 0 aromatic heterocycles. The lowest BCUT2D eigenvalue weighted by Crippen LogP contribution is -2.52. The van der Waals surface area contributed by atoms with Gasteiger partial charge < -0.3 is 10.4 Å². The molecule has 0 aliphatic carbocycles. The fraction of sp³-hybridized carbons (Fsp3) is 0.286. The van der Waals surface area contributed by atoms with Gasteiger partial charge in [-0.25, -0.2) is 4.39 Å². The normalized spacial score (nSPS) is 15.5. The van der Waals surface area contributed by atoms with Crippen LogP contribution in [0.4, 0.5) is 4.39 Å². The molecule has 0 saturated heterocycles. The van der Waals surface area contributed by atoms with Crippen molar-refractivity contribution < 1.29 is 23.9 Å². The molecule has 0 radical (unpaired) electrons. The summed E-state index contributed by atoms with van der Waals surface area (Å²) >= 11 is 0. The van der Waals surface area contributed by atoms with Crippen LogP contribution in [0, 0.1) is 11.7 Å². The minimum absolute atomic E-state index is 0.128. The molecule has 2 aromatic rings. The van der Waals surface area contributed by atoms with Gasteiger partial charge in [0.1, 0.15) is 11.9 Å². The Balaban J connectivity index is 1.74. The van der Waals surface area contributed by atoms with Crippen LogP contribution < -0.4 is 5.32 Å². The Morgan fingerprint density at radius 3 is 2.07 bits per heavy atom. The van der Waals surface area contributed by atoms with Gasteiger partial charge in [-0.15, -0.1) is 0 Å². The summed E-state index contributed by atoms with van der Waals surface area (Å²) in [7, 11) is 0. The minimum Gasteiger partial charge on any atom is -0.387 e. The van der Waals surface area contributed by atoms with Crippen LogP contribution in [0.2, 0.25) is 0 Å². The Labute approximate surface area is 162 Å². The highest BCUT2D eigenvalue weighted by atomic mass is 19.1. The second-order valence-electron chi connectivity index (χ2n) is 7.03. The number of nitrogens with zero attached hydrogens (tertiary/aromatic N) is 1. The number of fused-ring (bicyclic) bond motifs is 1. The number of amides is 3. The quantitative estimate of drug-likeness (QED) is 0.749. The van der Waals surface area contributed by atoms with Crippen molar-refractivity contribution in [2.24, 2.45) is 5.92 Å². The van der Waals surface area contributed by atoms with Crippen LogP contribution in [0.3, 0.4) is 0 Å². The van der Waals surface area contributed by atoms with Gasteiger partial charge in [0, 0.05) is 6.54 Å². The molecule has 0 unspecified atom stereocenters. The number of imide groups is 1. The molecular weight excluding hydrogens is 363 g/mol. The molecule has 146 valence electrons. The average molecular weight is 384 g/mol. The molecule has 1 heterocycles. The van der Waals surface area contributed by atoms with E-state index in [2.05, 4.69) is 5.32 Å². The molecule has 2 N–H and O–H groups in total. The Morgan fingerprint density at radius 2 is 1.57 bits per heavy atom. The second-order valence-corrected chi connectivity index (χ2v) is 7.03. The molecule has 3 rings (SSSR count). The summed E-state index contributed by atoms with van der Waals surface area (Å²) in [6.45, 7) is 3.35. The van der Waals surface area contributed by atoms with E-state index in [4.69, 9.17) is 0 Å². The van der Waals surface area contributed by atoms with Gasteiger partial charge in [-0.3, -0.25) is 19.3 Å². The summed E-state index contributed by atoms with van der Waals surface area (Å²) in [5, 5.41) is 12.8. The van der Waals surface area contributed by atoms with Crippen molar-refractivity contribution in [3.63, 3.8) is 0 Å². The van der Waals surface area contributed by atoms with Gasteiger partial charge in [-0.1, -0.05) is 38.1 Å². The lowest BCUT2D eigenvalue weighted by Gasteiger charge is -2.28. The number of aliphatic hydroxyl groups is 1. The number of nitrogens with one attached hydrogen (secondary N) is 1. The molecular formula is C21H21FN2O4. The predicted octanol–water partition coefficient (Wildman–Crippen LogP) is 2.30. The number of aliphatic hydroxyl groups excluding tert-OH is 1. The van der Waals surface area contributed by atoms with Gasteiger partial charge >= 0.3 is 0 Å². The number of hydrogen-bond donors (Lipinski definition) is 2. The molecule has 6 nitrogen and oxygen atoms in total. The summed E-state index contributed by atoms with van der Waals surface area (Å²) in [5.74, 6) is -2.30. The topological polar surface area (TPSA) is 86.7 Å². The molecule has 28 heavy (non-hydrogen) atoms. The maximum atomic E-state index is 13.0. The summed E-state index contributed by atoms with van der Waals surface area (Å²) < 4.78 is 13.0. The number of carbonyl (C=O) groups is 3. The second kappa shape index (κ2) is 7.90. The summed E-state index contributed by atoms with van der Waals surface area (Å²) in [6, 6.07) is 10.7. The van der Waals surface area contributed by atoms with E-state index in [0.29, 0.717) is 5.56 Å². The van der Waals surface area contributed by atoms with Gasteiger partial charge in [0.05, 0.1) is 17.2 Å².